The summed E-state index contributed by atoms with van der Waals surface area (Å²) in [6.45, 7) is 1.74. The highest BCUT2D eigenvalue weighted by Crippen LogP contribution is 2.26. The summed E-state index contributed by atoms with van der Waals surface area (Å²) < 4.78 is 7.44. The lowest BCUT2D eigenvalue weighted by Crippen LogP contribution is -2.41. The Bertz CT molecular complexity index is 455. The van der Waals surface area contributed by atoms with Gasteiger partial charge in [-0.2, -0.15) is 5.10 Å². The van der Waals surface area contributed by atoms with Crippen molar-refractivity contribution in [3.8, 4) is 5.88 Å². The normalized spacial score (nSPS) is 23.9. The average molecular weight is 252 g/mol. The summed E-state index contributed by atoms with van der Waals surface area (Å²) in [7, 11) is 1.74. The highest BCUT2D eigenvalue weighted by atomic mass is 16.5. The summed E-state index contributed by atoms with van der Waals surface area (Å²) in [5, 5.41) is 4.17. The molecule has 2 atom stereocenters. The van der Waals surface area contributed by atoms with Gasteiger partial charge in [-0.15, -0.1) is 0 Å². The predicted octanol–water partition coefficient (Wildman–Crippen LogP) is 0.476. The molecule has 0 aliphatic heterocycles. The summed E-state index contributed by atoms with van der Waals surface area (Å²) in [6.07, 6.45) is 4.03. The van der Waals surface area contributed by atoms with Crippen molar-refractivity contribution in [3.05, 3.63) is 11.3 Å². The Balaban J connectivity index is 2.25. The van der Waals surface area contributed by atoms with Crippen molar-refractivity contribution in [1.82, 2.24) is 9.78 Å². The summed E-state index contributed by atoms with van der Waals surface area (Å²) in [4.78, 5) is 11.4. The molecule has 4 N–H and O–H groups in total. The molecule has 2 rings (SSSR count). The number of aryl methyl sites for hydroxylation is 2. The number of nitrogens with two attached hydrogens (primary N) is 2. The molecule has 1 aromatic rings. The monoisotopic (exact) mass is 252 g/mol. The van der Waals surface area contributed by atoms with E-state index in [1.54, 1.807) is 18.7 Å². The van der Waals surface area contributed by atoms with Crippen LogP contribution in [0.5, 0.6) is 5.88 Å². The van der Waals surface area contributed by atoms with Crippen LogP contribution in [0.25, 0.3) is 0 Å². The van der Waals surface area contributed by atoms with Gasteiger partial charge in [-0.3, -0.25) is 4.79 Å². The number of aromatic nitrogens is 2. The Labute approximate surface area is 106 Å². The Kier molecular flexibility index (Phi) is 3.56. The number of primary amides is 1. The number of nitrogens with zero attached hydrogens (tertiary/aromatic N) is 2. The molecule has 2 unspecified atom stereocenters. The number of carbonyl (C=O) groups excluding carboxylic acids is 1. The van der Waals surface area contributed by atoms with E-state index >= 15 is 0 Å². The number of amides is 1. The maximum atomic E-state index is 11.4. The van der Waals surface area contributed by atoms with Crippen molar-refractivity contribution in [3.63, 3.8) is 0 Å². The van der Waals surface area contributed by atoms with Crippen LogP contribution in [0.1, 0.15) is 41.7 Å². The van der Waals surface area contributed by atoms with Gasteiger partial charge >= 0.3 is 0 Å². The first-order chi connectivity index (χ1) is 8.50. The number of hydrogen-bond donors (Lipinski definition) is 2. The van der Waals surface area contributed by atoms with E-state index in [9.17, 15) is 4.79 Å². The molecule has 0 spiro atoms. The van der Waals surface area contributed by atoms with Gasteiger partial charge in [-0.25, -0.2) is 4.68 Å². The Morgan fingerprint density at radius 3 is 2.72 bits per heavy atom. The molecule has 1 saturated carbocycles. The minimum Gasteiger partial charge on any atom is -0.472 e. The van der Waals surface area contributed by atoms with E-state index in [0.717, 1.165) is 25.7 Å². The van der Waals surface area contributed by atoms with E-state index in [-0.39, 0.29) is 12.1 Å². The third-order valence-corrected chi connectivity index (χ3v) is 3.43. The van der Waals surface area contributed by atoms with Gasteiger partial charge in [0.05, 0.1) is 5.69 Å². The molecule has 0 bridgehead atoms. The molecule has 1 aromatic heterocycles. The van der Waals surface area contributed by atoms with Gasteiger partial charge in [0.25, 0.3) is 5.91 Å². The molecule has 100 valence electrons. The van der Waals surface area contributed by atoms with Crippen LogP contribution in [0.2, 0.25) is 0 Å². The molecule has 1 aliphatic rings. The summed E-state index contributed by atoms with van der Waals surface area (Å²) in [5.74, 6) is -0.0812. The van der Waals surface area contributed by atoms with Crippen LogP contribution in [-0.2, 0) is 7.05 Å². The zero-order valence-electron chi connectivity index (χ0n) is 10.8. The van der Waals surface area contributed by atoms with Gasteiger partial charge in [-0.1, -0.05) is 6.42 Å². The van der Waals surface area contributed by atoms with Crippen molar-refractivity contribution in [2.45, 2.75) is 44.8 Å². The highest BCUT2D eigenvalue weighted by Gasteiger charge is 2.27. The van der Waals surface area contributed by atoms with Gasteiger partial charge in [0.2, 0.25) is 5.88 Å². The Morgan fingerprint density at radius 1 is 1.44 bits per heavy atom. The first-order valence-corrected chi connectivity index (χ1v) is 6.26. The van der Waals surface area contributed by atoms with Crippen LogP contribution < -0.4 is 16.2 Å². The van der Waals surface area contributed by atoms with E-state index < -0.39 is 5.91 Å². The Hall–Kier alpha value is -1.56. The van der Waals surface area contributed by atoms with Gasteiger partial charge in [0.15, 0.2) is 0 Å². The molecule has 1 heterocycles. The number of rotatable bonds is 3. The summed E-state index contributed by atoms with van der Waals surface area (Å²) in [6, 6.07) is 0.00897. The minimum atomic E-state index is -0.514. The quantitative estimate of drug-likeness (QED) is 0.817. The van der Waals surface area contributed by atoms with Gasteiger partial charge in [0, 0.05) is 13.1 Å². The molecule has 0 radical (unpaired) electrons. The first kappa shape index (κ1) is 12.9. The van der Waals surface area contributed by atoms with Crippen molar-refractivity contribution in [2.24, 2.45) is 18.5 Å². The van der Waals surface area contributed by atoms with Gasteiger partial charge < -0.3 is 16.2 Å². The second-order valence-electron chi connectivity index (χ2n) is 4.86. The minimum absolute atomic E-state index is 0.00897. The predicted molar refractivity (Wildman–Crippen MR) is 67.3 cm³/mol. The second kappa shape index (κ2) is 4.97. The third-order valence-electron chi connectivity index (χ3n) is 3.43. The van der Waals surface area contributed by atoms with Crippen molar-refractivity contribution in [1.29, 1.82) is 0 Å². The van der Waals surface area contributed by atoms with Crippen molar-refractivity contribution >= 4 is 5.91 Å². The molecule has 1 aliphatic carbocycles. The molecule has 0 aromatic carbocycles. The van der Waals surface area contributed by atoms with Gasteiger partial charge in [0.1, 0.15) is 11.7 Å². The van der Waals surface area contributed by atoms with E-state index in [2.05, 4.69) is 5.10 Å². The van der Waals surface area contributed by atoms with E-state index in [1.807, 2.05) is 0 Å². The number of ether oxygens (including phenoxy) is 1. The van der Waals surface area contributed by atoms with Crippen LogP contribution in [-0.4, -0.2) is 27.8 Å². The maximum Gasteiger partial charge on any atom is 0.256 e. The van der Waals surface area contributed by atoms with Crippen LogP contribution in [0.15, 0.2) is 0 Å². The topological polar surface area (TPSA) is 96.2 Å². The molecular formula is C12H20N4O2. The van der Waals surface area contributed by atoms with E-state index in [1.165, 1.54) is 0 Å². The molecule has 1 fully saturated rings. The first-order valence-electron chi connectivity index (χ1n) is 6.26. The van der Waals surface area contributed by atoms with Crippen molar-refractivity contribution < 1.29 is 9.53 Å². The Morgan fingerprint density at radius 2 is 2.11 bits per heavy atom. The standard InChI is InChI=1S/C12H20N4O2/c1-7-10(11(14)17)12(16(2)15-7)18-9-6-4-3-5-8(9)13/h8-9H,3-6,13H2,1-2H3,(H2,14,17). The summed E-state index contributed by atoms with van der Waals surface area (Å²) in [5.41, 5.74) is 12.3. The zero-order chi connectivity index (χ0) is 13.3. The lowest BCUT2D eigenvalue weighted by atomic mass is 9.93. The fourth-order valence-corrected chi connectivity index (χ4v) is 2.47. The van der Waals surface area contributed by atoms with Gasteiger partial charge in [-0.05, 0) is 26.2 Å². The second-order valence-corrected chi connectivity index (χ2v) is 4.86. The fourth-order valence-electron chi connectivity index (χ4n) is 2.47. The zero-order valence-corrected chi connectivity index (χ0v) is 10.8. The summed E-state index contributed by atoms with van der Waals surface area (Å²) >= 11 is 0. The largest absolute Gasteiger partial charge is 0.472 e. The van der Waals surface area contributed by atoms with Crippen LogP contribution in [0, 0.1) is 6.92 Å². The lowest BCUT2D eigenvalue weighted by Gasteiger charge is -2.29. The molecule has 1 amide bonds. The fraction of sp³-hybridized carbons (Fsp3) is 0.667. The molecule has 6 nitrogen and oxygen atoms in total. The highest BCUT2D eigenvalue weighted by molar-refractivity contribution is 5.96. The molecular weight excluding hydrogens is 232 g/mol. The lowest BCUT2D eigenvalue weighted by molar-refractivity contribution is 0.0971. The van der Waals surface area contributed by atoms with Crippen LogP contribution >= 0.6 is 0 Å². The van der Waals surface area contributed by atoms with Crippen LogP contribution in [0.4, 0.5) is 0 Å². The molecule has 0 saturated heterocycles. The molecule has 18 heavy (non-hydrogen) atoms. The SMILES string of the molecule is Cc1nn(C)c(OC2CCCCC2N)c1C(N)=O. The number of carbonyl (C=O) groups is 1. The average Bonchev–Trinajstić information content (AvgIpc) is 2.57. The third kappa shape index (κ3) is 2.33. The van der Waals surface area contributed by atoms with Crippen LogP contribution in [0.3, 0.4) is 0 Å². The van der Waals surface area contributed by atoms with E-state index in [4.69, 9.17) is 16.2 Å². The molecule has 6 heteroatoms. The smallest absolute Gasteiger partial charge is 0.256 e. The number of hydrogen-bond acceptors (Lipinski definition) is 4. The maximum absolute atomic E-state index is 11.4. The van der Waals surface area contributed by atoms with E-state index in [0.29, 0.717) is 17.1 Å². The van der Waals surface area contributed by atoms with Crippen molar-refractivity contribution in [2.75, 3.05) is 0 Å².